The second-order valence-electron chi connectivity index (χ2n) is 6.17. The van der Waals surface area contributed by atoms with Gasteiger partial charge >= 0.3 is 0 Å². The Bertz CT molecular complexity index is 1060. The molecule has 1 atom stereocenters. The van der Waals surface area contributed by atoms with Crippen LogP contribution in [0, 0.1) is 0 Å². The number of aliphatic hydroxyl groups excluding tert-OH is 1. The van der Waals surface area contributed by atoms with Crippen LogP contribution in [-0.4, -0.2) is 26.2 Å². The average molecular weight is 439 g/mol. The van der Waals surface area contributed by atoms with E-state index in [0.717, 1.165) is 0 Å². The minimum atomic E-state index is -3.31. The second kappa shape index (κ2) is 7.32. The Kier molecular flexibility index (Phi) is 5.25. The summed E-state index contributed by atoms with van der Waals surface area (Å²) in [5.41, 5.74) is 0.581. The number of rotatable bonds is 5. The van der Waals surface area contributed by atoms with Crippen molar-refractivity contribution >= 4 is 32.8 Å². The second-order valence-corrected chi connectivity index (χ2v) is 7.02. The van der Waals surface area contributed by atoms with E-state index in [1.54, 1.807) is 26.1 Å². The van der Waals surface area contributed by atoms with Gasteiger partial charge < -0.3 is 10.4 Å². The third-order valence-electron chi connectivity index (χ3n) is 4.32. The van der Waals surface area contributed by atoms with Crippen LogP contribution in [0.4, 0.5) is 14.6 Å². The van der Waals surface area contributed by atoms with Gasteiger partial charge in [0.05, 0.1) is 9.86 Å². The number of pyridine rings is 1. The molecule has 0 unspecified atom stereocenters. The Labute approximate surface area is 162 Å². The van der Waals surface area contributed by atoms with Crippen LogP contribution in [0.25, 0.3) is 11.0 Å². The number of hydrogen-bond donors (Lipinski definition) is 2. The highest BCUT2D eigenvalue weighted by molar-refractivity contribution is 9.10. The van der Waals surface area contributed by atoms with Gasteiger partial charge in [-0.1, -0.05) is 18.2 Å². The van der Waals surface area contributed by atoms with Gasteiger partial charge in [-0.3, -0.25) is 9.36 Å². The topological polar surface area (TPSA) is 80.0 Å². The summed E-state index contributed by atoms with van der Waals surface area (Å²) in [5.74, 6) is -2.83. The number of benzene rings is 1. The van der Waals surface area contributed by atoms with Crippen LogP contribution in [0.1, 0.15) is 24.1 Å². The Morgan fingerprint density at radius 1 is 1.33 bits per heavy atom. The molecule has 0 spiro atoms. The van der Waals surface area contributed by atoms with Gasteiger partial charge in [-0.25, -0.2) is 9.97 Å². The minimum absolute atomic E-state index is 0.223. The number of aryl methyl sites for hydroxylation is 1. The smallest absolute Gasteiger partial charge is 0.295 e. The van der Waals surface area contributed by atoms with Gasteiger partial charge in [0.25, 0.3) is 11.5 Å². The van der Waals surface area contributed by atoms with E-state index in [1.807, 2.05) is 0 Å². The van der Waals surface area contributed by atoms with Gasteiger partial charge in [0.15, 0.2) is 0 Å². The summed E-state index contributed by atoms with van der Waals surface area (Å²) in [6, 6.07) is 7.13. The van der Waals surface area contributed by atoms with E-state index in [0.29, 0.717) is 26.9 Å². The van der Waals surface area contributed by atoms with Crippen LogP contribution in [0.2, 0.25) is 0 Å². The van der Waals surface area contributed by atoms with Crippen molar-refractivity contribution in [3.63, 3.8) is 0 Å². The fourth-order valence-corrected chi connectivity index (χ4v) is 3.26. The lowest BCUT2D eigenvalue weighted by atomic mass is 10.0. The van der Waals surface area contributed by atoms with Crippen molar-refractivity contribution in [3.8, 4) is 0 Å². The fraction of sp³-hybridized carbons (Fsp3) is 0.278. The Morgan fingerprint density at radius 2 is 2.07 bits per heavy atom. The van der Waals surface area contributed by atoms with Crippen LogP contribution in [0.15, 0.2) is 45.9 Å². The standard InChI is InChI=1S/C18H17BrF2N4O2/c1-10(11-4-3-5-12(6-11)18(20,21)8-26)24-15-13-7-14(19)17(27)25(2)16(13)23-9-22-15/h3-7,9-10,26H,8H2,1-2H3,(H,22,23,24)/t10-/m1/s1. The molecule has 0 saturated carbocycles. The van der Waals surface area contributed by atoms with Crippen LogP contribution >= 0.6 is 15.9 Å². The molecule has 0 amide bonds. The molecule has 3 aromatic rings. The molecule has 0 aliphatic rings. The molecule has 0 bridgehead atoms. The first-order valence-electron chi connectivity index (χ1n) is 8.10. The maximum atomic E-state index is 13.8. The van der Waals surface area contributed by atoms with Crippen molar-refractivity contribution in [2.24, 2.45) is 7.05 Å². The molecule has 0 saturated heterocycles. The van der Waals surface area contributed by atoms with Crippen molar-refractivity contribution in [1.29, 1.82) is 0 Å². The van der Waals surface area contributed by atoms with Gasteiger partial charge in [-0.15, -0.1) is 0 Å². The molecular weight excluding hydrogens is 422 g/mol. The lowest BCUT2D eigenvalue weighted by molar-refractivity contribution is -0.0556. The molecule has 9 heteroatoms. The number of alkyl halides is 2. The highest BCUT2D eigenvalue weighted by Crippen LogP contribution is 2.30. The number of fused-ring (bicyclic) bond motifs is 1. The van der Waals surface area contributed by atoms with Crippen molar-refractivity contribution in [2.75, 3.05) is 11.9 Å². The van der Waals surface area contributed by atoms with E-state index < -0.39 is 12.5 Å². The summed E-state index contributed by atoms with van der Waals surface area (Å²) in [6.07, 6.45) is 1.33. The summed E-state index contributed by atoms with van der Waals surface area (Å²) in [6.45, 7) is 0.554. The minimum Gasteiger partial charge on any atom is -0.390 e. The normalized spacial score (nSPS) is 13.0. The lowest BCUT2D eigenvalue weighted by Gasteiger charge is -2.19. The molecule has 0 aliphatic heterocycles. The summed E-state index contributed by atoms with van der Waals surface area (Å²) in [5, 5.41) is 12.7. The number of nitrogens with one attached hydrogen (secondary N) is 1. The molecular formula is C18H17BrF2N4O2. The number of aliphatic hydroxyl groups is 1. The zero-order valence-electron chi connectivity index (χ0n) is 14.6. The molecule has 2 aromatic heterocycles. The summed E-state index contributed by atoms with van der Waals surface area (Å²) >= 11 is 3.23. The highest BCUT2D eigenvalue weighted by Gasteiger charge is 2.30. The lowest BCUT2D eigenvalue weighted by Crippen LogP contribution is -2.20. The van der Waals surface area contributed by atoms with E-state index in [1.165, 1.54) is 29.1 Å². The molecule has 6 nitrogen and oxygen atoms in total. The maximum Gasteiger partial charge on any atom is 0.295 e. The maximum absolute atomic E-state index is 13.8. The number of nitrogens with zero attached hydrogens (tertiary/aromatic N) is 3. The van der Waals surface area contributed by atoms with Gasteiger partial charge in [0.2, 0.25) is 0 Å². The van der Waals surface area contributed by atoms with Crippen LogP contribution < -0.4 is 10.9 Å². The number of hydrogen-bond acceptors (Lipinski definition) is 5. The monoisotopic (exact) mass is 438 g/mol. The van der Waals surface area contributed by atoms with E-state index >= 15 is 0 Å². The van der Waals surface area contributed by atoms with Crippen LogP contribution in [0.3, 0.4) is 0 Å². The first-order valence-corrected chi connectivity index (χ1v) is 8.90. The molecule has 2 heterocycles. The predicted octanol–water partition coefficient (Wildman–Crippen LogP) is 3.35. The summed E-state index contributed by atoms with van der Waals surface area (Å²) in [7, 11) is 1.61. The Morgan fingerprint density at radius 3 is 2.78 bits per heavy atom. The third kappa shape index (κ3) is 3.70. The van der Waals surface area contributed by atoms with Gasteiger partial charge in [-0.05, 0) is 40.5 Å². The molecule has 0 fully saturated rings. The molecule has 142 valence electrons. The zero-order valence-corrected chi connectivity index (χ0v) is 16.2. The van der Waals surface area contributed by atoms with E-state index in [9.17, 15) is 13.6 Å². The highest BCUT2D eigenvalue weighted by atomic mass is 79.9. The first-order chi connectivity index (χ1) is 12.7. The Hall–Kier alpha value is -2.39. The summed E-state index contributed by atoms with van der Waals surface area (Å²) < 4.78 is 29.3. The number of anilines is 1. The third-order valence-corrected chi connectivity index (χ3v) is 4.89. The van der Waals surface area contributed by atoms with Crippen molar-refractivity contribution in [3.05, 3.63) is 62.6 Å². The molecule has 0 aliphatic carbocycles. The van der Waals surface area contributed by atoms with Crippen LogP contribution in [-0.2, 0) is 13.0 Å². The van der Waals surface area contributed by atoms with Gasteiger partial charge in [0.1, 0.15) is 24.4 Å². The largest absolute Gasteiger partial charge is 0.390 e. The fourth-order valence-electron chi connectivity index (χ4n) is 2.76. The Balaban J connectivity index is 1.99. The number of aromatic nitrogens is 3. The number of halogens is 3. The van der Waals surface area contributed by atoms with Crippen LogP contribution in [0.5, 0.6) is 0 Å². The molecule has 27 heavy (non-hydrogen) atoms. The van der Waals surface area contributed by atoms with E-state index in [-0.39, 0.29) is 17.2 Å². The first kappa shape index (κ1) is 19.4. The molecule has 3 rings (SSSR count). The molecule has 0 radical (unpaired) electrons. The zero-order chi connectivity index (χ0) is 19.8. The van der Waals surface area contributed by atoms with E-state index in [2.05, 4.69) is 31.2 Å². The quantitative estimate of drug-likeness (QED) is 0.638. The van der Waals surface area contributed by atoms with Gasteiger partial charge in [-0.2, -0.15) is 8.78 Å². The SMILES string of the molecule is C[C@@H](Nc1ncnc2c1cc(Br)c(=O)n2C)c1cccc(C(F)(F)CO)c1. The van der Waals surface area contributed by atoms with Gasteiger partial charge in [0, 0.05) is 18.7 Å². The van der Waals surface area contributed by atoms with Crippen molar-refractivity contribution < 1.29 is 13.9 Å². The van der Waals surface area contributed by atoms with Crippen molar-refractivity contribution in [2.45, 2.75) is 18.9 Å². The van der Waals surface area contributed by atoms with E-state index in [4.69, 9.17) is 5.11 Å². The van der Waals surface area contributed by atoms with Crippen molar-refractivity contribution in [1.82, 2.24) is 14.5 Å². The summed E-state index contributed by atoms with van der Waals surface area (Å²) in [4.78, 5) is 20.4. The molecule has 2 N–H and O–H groups in total. The average Bonchev–Trinajstić information content (AvgIpc) is 2.67. The predicted molar refractivity (Wildman–Crippen MR) is 102 cm³/mol. The molecule has 1 aromatic carbocycles.